The fraction of sp³-hybridized carbons (Fsp3) is 0. The van der Waals surface area contributed by atoms with Crippen molar-refractivity contribution in [2.45, 2.75) is 0 Å². The standard InChI is InChI=1S/C52H33N/c1-4-13-34(14-5-1)37-23-26-42(27-24-37)53-49-28-25-38(41-30-39(35-15-6-2-7-16-35)29-40(31-41)36-17-8-3-9-18-36)32-48(49)52-46-22-12-21-45-43-19-10-11-20-44(43)47(51(45)46)33-50(52)53/h1-33H. The summed E-state index contributed by atoms with van der Waals surface area (Å²) in [6.45, 7) is 0. The lowest BCUT2D eigenvalue weighted by molar-refractivity contribution is 1.18. The predicted octanol–water partition coefficient (Wildman–Crippen LogP) is 14.3. The smallest absolute Gasteiger partial charge is 0.0553 e. The van der Waals surface area contributed by atoms with E-state index in [2.05, 4.69) is 205 Å². The molecule has 1 nitrogen and oxygen atoms in total. The van der Waals surface area contributed by atoms with Crippen molar-refractivity contribution in [3.63, 3.8) is 0 Å². The van der Waals surface area contributed by atoms with Gasteiger partial charge in [0, 0.05) is 16.5 Å². The third-order valence-corrected chi connectivity index (χ3v) is 11.1. The Balaban J connectivity index is 1.19. The van der Waals surface area contributed by atoms with Crippen LogP contribution in [-0.4, -0.2) is 4.57 Å². The molecule has 246 valence electrons. The molecular formula is C52H33N. The average Bonchev–Trinajstić information content (AvgIpc) is 3.75. The van der Waals surface area contributed by atoms with Crippen molar-refractivity contribution in [2.75, 3.05) is 0 Å². The zero-order chi connectivity index (χ0) is 34.9. The monoisotopic (exact) mass is 671 g/mol. The van der Waals surface area contributed by atoms with Crippen LogP contribution in [0.5, 0.6) is 0 Å². The van der Waals surface area contributed by atoms with Crippen LogP contribution in [-0.2, 0) is 0 Å². The largest absolute Gasteiger partial charge is 0.309 e. The second-order valence-corrected chi connectivity index (χ2v) is 14.1. The maximum atomic E-state index is 2.47. The molecule has 0 N–H and O–H groups in total. The molecule has 1 heteroatoms. The van der Waals surface area contributed by atoms with E-state index in [-0.39, 0.29) is 0 Å². The first kappa shape index (κ1) is 29.7. The van der Waals surface area contributed by atoms with Crippen LogP contribution < -0.4 is 0 Å². The molecule has 0 saturated heterocycles. The molecule has 53 heavy (non-hydrogen) atoms. The number of benzene rings is 9. The minimum Gasteiger partial charge on any atom is -0.309 e. The highest BCUT2D eigenvalue weighted by Gasteiger charge is 2.25. The first-order chi connectivity index (χ1) is 26.3. The topological polar surface area (TPSA) is 4.93 Å². The van der Waals surface area contributed by atoms with E-state index in [1.54, 1.807) is 0 Å². The maximum Gasteiger partial charge on any atom is 0.0553 e. The van der Waals surface area contributed by atoms with Gasteiger partial charge < -0.3 is 4.57 Å². The van der Waals surface area contributed by atoms with Crippen LogP contribution in [0.2, 0.25) is 0 Å². The predicted molar refractivity (Wildman–Crippen MR) is 224 cm³/mol. The van der Waals surface area contributed by atoms with Crippen molar-refractivity contribution >= 4 is 32.6 Å². The molecule has 0 radical (unpaired) electrons. The number of fused-ring (bicyclic) bond motifs is 7. The number of rotatable bonds is 5. The van der Waals surface area contributed by atoms with Gasteiger partial charge in [0.05, 0.1) is 11.0 Å². The lowest BCUT2D eigenvalue weighted by Crippen LogP contribution is -1.94. The SMILES string of the molecule is c1ccc(-c2ccc(-n3c4ccc(-c5cc(-c6ccccc6)cc(-c6ccccc6)c5)cc4c4c5cccc6c5c(cc43)-c3ccccc3-6)cc2)cc1. The Hall–Kier alpha value is -6.96. The molecule has 1 aliphatic carbocycles. The van der Waals surface area contributed by atoms with E-state index in [4.69, 9.17) is 0 Å². The Bertz CT molecular complexity index is 2950. The van der Waals surface area contributed by atoms with E-state index in [1.807, 2.05) is 0 Å². The molecule has 1 aliphatic rings. The Labute approximate surface area is 308 Å². The molecule has 0 fully saturated rings. The van der Waals surface area contributed by atoms with Crippen LogP contribution in [0.15, 0.2) is 200 Å². The molecule has 0 unspecified atom stereocenters. The zero-order valence-electron chi connectivity index (χ0n) is 29.0. The Kier molecular flexibility index (Phi) is 6.62. The minimum atomic E-state index is 1.16. The fourth-order valence-corrected chi connectivity index (χ4v) is 8.66. The summed E-state index contributed by atoms with van der Waals surface area (Å²) in [4.78, 5) is 0. The molecule has 9 aromatic carbocycles. The van der Waals surface area contributed by atoms with Crippen LogP contribution in [0.1, 0.15) is 0 Å². The first-order valence-electron chi connectivity index (χ1n) is 18.3. The van der Waals surface area contributed by atoms with E-state index in [9.17, 15) is 0 Å². The van der Waals surface area contributed by atoms with Crippen molar-refractivity contribution < 1.29 is 0 Å². The van der Waals surface area contributed by atoms with Gasteiger partial charge in [-0.2, -0.15) is 0 Å². The van der Waals surface area contributed by atoms with Crippen LogP contribution >= 0.6 is 0 Å². The van der Waals surface area contributed by atoms with E-state index in [1.165, 1.54) is 99.3 Å². The molecule has 11 rings (SSSR count). The number of hydrogen-bond acceptors (Lipinski definition) is 0. The van der Waals surface area contributed by atoms with Crippen molar-refractivity contribution in [2.24, 2.45) is 0 Å². The van der Waals surface area contributed by atoms with Gasteiger partial charge in [-0.15, -0.1) is 0 Å². The molecular weight excluding hydrogens is 639 g/mol. The van der Waals surface area contributed by atoms with E-state index in [0.29, 0.717) is 0 Å². The molecule has 0 bridgehead atoms. The van der Waals surface area contributed by atoms with Gasteiger partial charge in [0.25, 0.3) is 0 Å². The summed E-state index contributed by atoms with van der Waals surface area (Å²) >= 11 is 0. The van der Waals surface area contributed by atoms with Gasteiger partial charge in [-0.3, -0.25) is 0 Å². The van der Waals surface area contributed by atoms with Crippen LogP contribution in [0.4, 0.5) is 0 Å². The molecule has 0 spiro atoms. The average molecular weight is 672 g/mol. The normalized spacial score (nSPS) is 11.8. The summed E-state index contributed by atoms with van der Waals surface area (Å²) in [6.07, 6.45) is 0. The van der Waals surface area contributed by atoms with Gasteiger partial charge in [-0.05, 0) is 126 Å². The summed E-state index contributed by atoms with van der Waals surface area (Å²) < 4.78 is 2.47. The van der Waals surface area contributed by atoms with E-state index in [0.717, 1.165) is 5.69 Å². The van der Waals surface area contributed by atoms with Crippen LogP contribution in [0.3, 0.4) is 0 Å². The third kappa shape index (κ3) is 4.71. The quantitative estimate of drug-likeness (QED) is 0.172. The van der Waals surface area contributed by atoms with E-state index >= 15 is 0 Å². The van der Waals surface area contributed by atoms with Gasteiger partial charge >= 0.3 is 0 Å². The van der Waals surface area contributed by atoms with Crippen molar-refractivity contribution in [1.29, 1.82) is 0 Å². The lowest BCUT2D eigenvalue weighted by atomic mass is 9.92. The Morgan fingerprint density at radius 1 is 0.245 bits per heavy atom. The Morgan fingerprint density at radius 3 is 1.36 bits per heavy atom. The Morgan fingerprint density at radius 2 is 0.736 bits per heavy atom. The van der Waals surface area contributed by atoms with Crippen LogP contribution in [0.25, 0.3) is 105 Å². The van der Waals surface area contributed by atoms with E-state index < -0.39 is 0 Å². The minimum absolute atomic E-state index is 1.16. The number of nitrogens with zero attached hydrogens (tertiary/aromatic N) is 1. The first-order valence-corrected chi connectivity index (χ1v) is 18.3. The molecule has 10 aromatic rings. The summed E-state index contributed by atoms with van der Waals surface area (Å²) in [6, 6.07) is 73.4. The zero-order valence-corrected chi connectivity index (χ0v) is 29.0. The van der Waals surface area contributed by atoms with Crippen molar-refractivity contribution in [3.05, 3.63) is 200 Å². The molecule has 0 saturated carbocycles. The van der Waals surface area contributed by atoms with Crippen LogP contribution in [0, 0.1) is 0 Å². The molecule has 1 heterocycles. The van der Waals surface area contributed by atoms with Crippen molar-refractivity contribution in [1.82, 2.24) is 4.57 Å². The fourth-order valence-electron chi connectivity index (χ4n) is 8.66. The van der Waals surface area contributed by atoms with Gasteiger partial charge in [0.15, 0.2) is 0 Å². The summed E-state index contributed by atoms with van der Waals surface area (Å²) in [5.74, 6) is 0. The molecule has 0 aliphatic heterocycles. The highest BCUT2D eigenvalue weighted by molar-refractivity contribution is 6.29. The molecule has 0 atom stereocenters. The maximum absolute atomic E-state index is 2.47. The molecule has 0 amide bonds. The highest BCUT2D eigenvalue weighted by Crippen LogP contribution is 2.51. The summed E-state index contributed by atoms with van der Waals surface area (Å²) in [7, 11) is 0. The number of hydrogen-bond donors (Lipinski definition) is 0. The van der Waals surface area contributed by atoms with Gasteiger partial charge in [0.1, 0.15) is 0 Å². The van der Waals surface area contributed by atoms with Gasteiger partial charge in [0.2, 0.25) is 0 Å². The van der Waals surface area contributed by atoms with Crippen molar-refractivity contribution in [3.8, 4) is 72.4 Å². The van der Waals surface area contributed by atoms with Gasteiger partial charge in [-0.1, -0.05) is 152 Å². The highest BCUT2D eigenvalue weighted by atomic mass is 15.0. The van der Waals surface area contributed by atoms with Gasteiger partial charge in [-0.25, -0.2) is 0 Å². The lowest BCUT2D eigenvalue weighted by Gasteiger charge is -2.12. The number of aromatic nitrogens is 1. The molecule has 1 aromatic heterocycles. The third-order valence-electron chi connectivity index (χ3n) is 11.1. The summed E-state index contributed by atoms with van der Waals surface area (Å²) in [5, 5.41) is 5.21. The summed E-state index contributed by atoms with van der Waals surface area (Å²) in [5.41, 5.74) is 18.6. The second-order valence-electron chi connectivity index (χ2n) is 14.1. The second kappa shape index (κ2) is 11.8.